The van der Waals surface area contributed by atoms with Crippen molar-refractivity contribution >= 4 is 20.4 Å². The summed E-state index contributed by atoms with van der Waals surface area (Å²) in [5.74, 6) is 0. The number of hydrogen-bond donors (Lipinski definition) is 0. The predicted molar refractivity (Wildman–Crippen MR) is 48.1 cm³/mol. The molecular weight excluding hydrogens is 224 g/mol. The fourth-order valence-corrected chi connectivity index (χ4v) is 1.00. The van der Waals surface area contributed by atoms with Crippen LogP contribution in [0.1, 0.15) is 6.42 Å². The van der Waals surface area contributed by atoms with E-state index in [1.54, 1.807) is 0 Å². The van der Waals surface area contributed by atoms with Crippen molar-refractivity contribution in [3.05, 3.63) is 34.9 Å². The molecule has 0 heterocycles. The van der Waals surface area contributed by atoms with E-state index in [0.717, 1.165) is 6.42 Å². The second-order valence-electron chi connectivity index (χ2n) is 1.66. The summed E-state index contributed by atoms with van der Waals surface area (Å²) in [4.78, 5) is 22.5. The van der Waals surface area contributed by atoms with Crippen LogP contribution in [0.25, 0.3) is 0 Å². The van der Waals surface area contributed by atoms with Crippen molar-refractivity contribution in [1.82, 2.24) is 0 Å². The van der Waals surface area contributed by atoms with Crippen molar-refractivity contribution < 1.29 is 30.4 Å². The Labute approximate surface area is 92.4 Å². The topological polar surface area (TPSA) is 51.2 Å². The molecule has 0 saturated carbocycles. The minimum Gasteiger partial charge on any atom is -0.281 e. The van der Waals surface area contributed by atoms with E-state index >= 15 is 0 Å². The summed E-state index contributed by atoms with van der Waals surface area (Å²) in [6.45, 7) is 17.1. The van der Waals surface area contributed by atoms with Gasteiger partial charge in [-0.15, -0.1) is 0 Å². The van der Waals surface area contributed by atoms with Gasteiger partial charge in [0.25, 0.3) is 20.4 Å². The molecule has 1 aliphatic rings. The fourth-order valence-electron chi connectivity index (χ4n) is 0.669. The van der Waals surface area contributed by atoms with Gasteiger partial charge in [0.05, 0.1) is 0 Å². The van der Waals surface area contributed by atoms with Crippen LogP contribution in [0.4, 0.5) is 0 Å². The maximum absolute atomic E-state index is 7.50. The predicted octanol–water partition coefficient (Wildman–Crippen LogP) is 0.742. The first kappa shape index (κ1) is 18.5. The molecule has 4 heteroatoms. The second kappa shape index (κ2) is 17.7. The van der Waals surface area contributed by atoms with Gasteiger partial charge >= 0.3 is 57.3 Å². The standard InChI is InChI=1S/C7H7.3CO.Fe/c1-2-7-5-3-4-6-7;3*1-2;/h2-3,5H,1,4H2;;;;. The second-order valence-corrected chi connectivity index (χ2v) is 2.32. The van der Waals surface area contributed by atoms with Gasteiger partial charge in [-0.25, -0.2) is 0 Å². The van der Waals surface area contributed by atoms with E-state index in [9.17, 15) is 0 Å². The normalized spacial score (nSPS) is 10.9. The first-order chi connectivity index (χ1) is 6.84. The zero-order chi connectivity index (χ0) is 12.0. The third kappa shape index (κ3) is 8.84. The average Bonchev–Trinajstić information content (AvgIpc) is 2.72. The van der Waals surface area contributed by atoms with Gasteiger partial charge in [0.1, 0.15) is 0 Å². The number of allylic oxidation sites excluding steroid dienone is 5. The van der Waals surface area contributed by atoms with Gasteiger partial charge in [0.2, 0.25) is 0 Å². The van der Waals surface area contributed by atoms with E-state index in [-0.39, 0.29) is 0 Å². The molecule has 3 nitrogen and oxygen atoms in total. The van der Waals surface area contributed by atoms with Gasteiger partial charge in [-0.05, 0) is 0 Å². The van der Waals surface area contributed by atoms with Crippen molar-refractivity contribution in [2.75, 3.05) is 0 Å². The molecule has 6 radical (unpaired) electrons. The van der Waals surface area contributed by atoms with Crippen molar-refractivity contribution in [2.24, 2.45) is 0 Å². The van der Waals surface area contributed by atoms with Gasteiger partial charge in [-0.1, -0.05) is 0 Å². The Balaban J connectivity index is -0.000000174. The molecule has 0 aromatic rings. The molecule has 0 aromatic carbocycles. The summed E-state index contributed by atoms with van der Waals surface area (Å²) in [7, 11) is 0. The van der Waals surface area contributed by atoms with Crippen molar-refractivity contribution in [3.8, 4) is 0 Å². The number of rotatable bonds is 1. The third-order valence-electron chi connectivity index (χ3n) is 1.12. The maximum atomic E-state index is 7.50. The number of hydrogen-bond acceptors (Lipinski definition) is 3. The summed E-state index contributed by atoms with van der Waals surface area (Å²) in [5, 5.41) is 0. The zero-order valence-electron chi connectivity index (χ0n) is 7.22. The van der Waals surface area contributed by atoms with Crippen LogP contribution in [0.5, 0.6) is 0 Å². The summed E-state index contributed by atoms with van der Waals surface area (Å²) >= 11 is 3.84. The van der Waals surface area contributed by atoms with E-state index in [1.165, 1.54) is 10.0 Å². The molecule has 73 valence electrons. The van der Waals surface area contributed by atoms with E-state index in [4.69, 9.17) is 14.4 Å². The Morgan fingerprint density at radius 3 is 1.79 bits per heavy atom. The molecule has 0 bridgehead atoms. The molecule has 1 aliphatic carbocycles. The first-order valence-corrected chi connectivity index (χ1v) is 3.67. The van der Waals surface area contributed by atoms with Crippen LogP contribution < -0.4 is 0 Å². The van der Waals surface area contributed by atoms with Crippen LogP contribution in [0.3, 0.4) is 0 Å². The molecule has 0 atom stereocenters. The van der Waals surface area contributed by atoms with Crippen molar-refractivity contribution in [2.45, 2.75) is 6.42 Å². The molecule has 0 aromatic heterocycles. The van der Waals surface area contributed by atoms with Gasteiger partial charge < -0.3 is 0 Å². The quantitative estimate of drug-likeness (QED) is 0.625. The van der Waals surface area contributed by atoms with Crippen LogP contribution in [0, 0.1) is 0 Å². The molecule has 1 rings (SSSR count). The first-order valence-electron chi connectivity index (χ1n) is 3.12. The third-order valence-corrected chi connectivity index (χ3v) is 1.66. The summed E-state index contributed by atoms with van der Waals surface area (Å²) in [6.07, 6.45) is 6.99. The van der Waals surface area contributed by atoms with E-state index in [1.807, 2.05) is 6.08 Å². The molecular formula is C10H7FeO3. The van der Waals surface area contributed by atoms with Gasteiger partial charge in [0, 0.05) is 0 Å². The van der Waals surface area contributed by atoms with Crippen molar-refractivity contribution in [1.29, 1.82) is 0 Å². The minimum absolute atomic E-state index is 1.00. The molecule has 0 unspecified atom stereocenters. The van der Waals surface area contributed by atoms with Crippen LogP contribution in [-0.4, -0.2) is 20.4 Å². The van der Waals surface area contributed by atoms with Gasteiger partial charge in [-0.2, -0.15) is 0 Å². The maximum Gasteiger partial charge on any atom is 0.281 e. The molecule has 0 spiro atoms. The fraction of sp³-hybridized carbons (Fsp3) is 0.100. The minimum atomic E-state index is 1.00. The monoisotopic (exact) mass is 231 g/mol. The largest absolute Gasteiger partial charge is 0.281 e. The van der Waals surface area contributed by atoms with Crippen LogP contribution in [0.15, 0.2) is 34.9 Å². The Bertz CT molecular complexity index is 205. The zero-order valence-corrected chi connectivity index (χ0v) is 8.33. The van der Waals surface area contributed by atoms with Gasteiger partial charge in [0.15, 0.2) is 0 Å². The molecule has 0 N–H and O–H groups in total. The molecule has 0 aliphatic heterocycles. The Hall–Kier alpha value is -1.25. The van der Waals surface area contributed by atoms with E-state index in [0.29, 0.717) is 0 Å². The summed E-state index contributed by atoms with van der Waals surface area (Å²) in [6, 6.07) is 0. The van der Waals surface area contributed by atoms with Crippen LogP contribution in [0.2, 0.25) is 0 Å². The number of carbonyl (C=O) groups excluding carboxylic acids is 3. The van der Waals surface area contributed by atoms with E-state index < -0.39 is 0 Å². The van der Waals surface area contributed by atoms with Crippen LogP contribution >= 0.6 is 0 Å². The Morgan fingerprint density at radius 1 is 1.21 bits per heavy atom. The smallest absolute Gasteiger partial charge is 0.281 e. The van der Waals surface area contributed by atoms with Crippen molar-refractivity contribution in [3.63, 3.8) is 0 Å². The molecule has 14 heavy (non-hydrogen) atoms. The molecule has 0 saturated heterocycles. The summed E-state index contributed by atoms with van der Waals surface area (Å²) in [5.41, 5.74) is 1.19. The Kier molecular flexibility index (Phi) is 23.5. The SMILES string of the molecule is C=CC1=[C]([Fe])CC=C1.[C]=O.[C]=O.[C]=O. The molecule has 0 fully saturated rings. The van der Waals surface area contributed by atoms with Crippen LogP contribution in [-0.2, 0) is 30.4 Å². The Morgan fingerprint density at radius 2 is 1.64 bits per heavy atom. The van der Waals surface area contributed by atoms with E-state index in [2.05, 4.69) is 55.1 Å². The summed E-state index contributed by atoms with van der Waals surface area (Å²) < 4.78 is 1.18. The van der Waals surface area contributed by atoms with Gasteiger partial charge in [-0.3, -0.25) is 14.4 Å². The average molecular weight is 231 g/mol. The molecule has 0 amide bonds.